The van der Waals surface area contributed by atoms with E-state index in [4.69, 9.17) is 22.7 Å². The maximum atomic E-state index is 11.9. The number of rotatable bonds is 5. The van der Waals surface area contributed by atoms with Crippen LogP contribution in [0.25, 0.3) is 0 Å². The van der Waals surface area contributed by atoms with Gasteiger partial charge >= 0.3 is 0 Å². The Morgan fingerprint density at radius 2 is 2.33 bits per heavy atom. The molecule has 0 atom stereocenters. The molecule has 18 heavy (non-hydrogen) atoms. The van der Waals surface area contributed by atoms with Crippen LogP contribution < -0.4 is 15.8 Å². The van der Waals surface area contributed by atoms with E-state index in [9.17, 15) is 4.79 Å². The highest BCUT2D eigenvalue weighted by atomic mass is 32.1. The van der Waals surface area contributed by atoms with Gasteiger partial charge in [-0.25, -0.2) is 0 Å². The van der Waals surface area contributed by atoms with Crippen molar-refractivity contribution in [2.45, 2.75) is 19.3 Å². The number of ether oxygens (including phenoxy) is 1. The van der Waals surface area contributed by atoms with E-state index in [1.807, 2.05) is 12.1 Å². The lowest BCUT2D eigenvalue weighted by molar-refractivity contribution is 0.0953. The van der Waals surface area contributed by atoms with Gasteiger partial charge in [0.15, 0.2) is 0 Å². The molecule has 0 bridgehead atoms. The molecule has 96 valence electrons. The fraction of sp³-hybridized carbons (Fsp3) is 0.385. The molecule has 1 aromatic carbocycles. The van der Waals surface area contributed by atoms with Crippen molar-refractivity contribution in [2.75, 3.05) is 13.2 Å². The van der Waals surface area contributed by atoms with Gasteiger partial charge in [-0.05, 0) is 36.6 Å². The maximum absolute atomic E-state index is 11.9. The van der Waals surface area contributed by atoms with E-state index in [0.717, 1.165) is 24.2 Å². The van der Waals surface area contributed by atoms with Gasteiger partial charge in [-0.2, -0.15) is 0 Å². The molecule has 1 aromatic rings. The van der Waals surface area contributed by atoms with Crippen molar-refractivity contribution < 1.29 is 9.53 Å². The summed E-state index contributed by atoms with van der Waals surface area (Å²) in [6.45, 7) is 1.29. The van der Waals surface area contributed by atoms with Gasteiger partial charge in [0.2, 0.25) is 0 Å². The Kier molecular flexibility index (Phi) is 4.15. The summed E-state index contributed by atoms with van der Waals surface area (Å²) < 4.78 is 5.40. The maximum Gasteiger partial charge on any atom is 0.251 e. The first-order chi connectivity index (χ1) is 8.66. The van der Waals surface area contributed by atoms with Crippen LogP contribution in [0.2, 0.25) is 0 Å². The Labute approximate surface area is 112 Å². The number of carbonyl (C=O) groups excluding carboxylic acids is 1. The van der Waals surface area contributed by atoms with E-state index in [-0.39, 0.29) is 5.91 Å². The zero-order chi connectivity index (χ0) is 13.0. The number of hydrogen-bond donors (Lipinski definition) is 2. The van der Waals surface area contributed by atoms with Crippen molar-refractivity contribution in [2.24, 2.45) is 5.73 Å². The van der Waals surface area contributed by atoms with Crippen molar-refractivity contribution in [3.05, 3.63) is 29.3 Å². The molecule has 1 heterocycles. The van der Waals surface area contributed by atoms with Crippen LogP contribution in [0.15, 0.2) is 18.2 Å². The summed E-state index contributed by atoms with van der Waals surface area (Å²) in [5.74, 6) is 0.827. The highest BCUT2D eigenvalue weighted by molar-refractivity contribution is 7.80. The molecule has 2 rings (SSSR count). The average Bonchev–Trinajstić information content (AvgIpc) is 2.81. The van der Waals surface area contributed by atoms with Gasteiger partial charge in [-0.3, -0.25) is 4.79 Å². The van der Waals surface area contributed by atoms with E-state index >= 15 is 0 Å². The van der Waals surface area contributed by atoms with Gasteiger partial charge in [0, 0.05) is 18.5 Å². The van der Waals surface area contributed by atoms with Gasteiger partial charge < -0.3 is 15.8 Å². The highest BCUT2D eigenvalue weighted by Crippen LogP contribution is 2.25. The van der Waals surface area contributed by atoms with Crippen LogP contribution in [-0.4, -0.2) is 24.0 Å². The number of fused-ring (bicyclic) bond motifs is 1. The summed E-state index contributed by atoms with van der Waals surface area (Å²) in [5, 5.41) is 2.85. The zero-order valence-corrected chi connectivity index (χ0v) is 10.9. The van der Waals surface area contributed by atoms with Crippen LogP contribution in [-0.2, 0) is 6.42 Å². The normalized spacial score (nSPS) is 12.7. The van der Waals surface area contributed by atoms with Gasteiger partial charge in [0.1, 0.15) is 5.75 Å². The monoisotopic (exact) mass is 264 g/mol. The summed E-state index contributed by atoms with van der Waals surface area (Å²) in [4.78, 5) is 12.4. The molecular formula is C13H16N2O2S. The summed E-state index contributed by atoms with van der Waals surface area (Å²) in [6.07, 6.45) is 2.31. The molecule has 0 aliphatic carbocycles. The van der Waals surface area contributed by atoms with Crippen molar-refractivity contribution in [3.63, 3.8) is 0 Å². The third kappa shape index (κ3) is 3.20. The van der Waals surface area contributed by atoms with Gasteiger partial charge in [0.05, 0.1) is 11.6 Å². The van der Waals surface area contributed by atoms with Gasteiger partial charge in [-0.1, -0.05) is 12.2 Å². The molecule has 1 aliphatic heterocycles. The SMILES string of the molecule is NC(=S)CCCNC(=O)c1ccc2c(c1)CCO2. The highest BCUT2D eigenvalue weighted by Gasteiger charge is 2.14. The third-order valence-electron chi connectivity index (χ3n) is 2.84. The van der Waals surface area contributed by atoms with Crippen LogP contribution in [0.4, 0.5) is 0 Å². The second kappa shape index (κ2) is 5.82. The van der Waals surface area contributed by atoms with Crippen LogP contribution in [0.5, 0.6) is 5.75 Å². The first-order valence-corrected chi connectivity index (χ1v) is 6.40. The second-order valence-corrected chi connectivity index (χ2v) is 4.77. The Bertz CT molecular complexity index is 474. The molecule has 0 spiro atoms. The third-order valence-corrected chi connectivity index (χ3v) is 3.04. The molecule has 1 aliphatic rings. The van der Waals surface area contributed by atoms with Crippen molar-refractivity contribution >= 4 is 23.1 Å². The molecule has 0 saturated heterocycles. The minimum absolute atomic E-state index is 0.0624. The molecule has 4 nitrogen and oxygen atoms in total. The topological polar surface area (TPSA) is 64.3 Å². The summed E-state index contributed by atoms with van der Waals surface area (Å²) in [6, 6.07) is 5.53. The number of carbonyl (C=O) groups is 1. The molecule has 0 radical (unpaired) electrons. The first kappa shape index (κ1) is 12.8. The standard InChI is InChI=1S/C13H16N2O2S/c14-12(18)2-1-6-15-13(16)10-3-4-11-9(8-10)5-7-17-11/h3-4,8H,1-2,5-7H2,(H2,14,18)(H,15,16). The predicted octanol–water partition coefficient (Wildman–Crippen LogP) is 1.42. The van der Waals surface area contributed by atoms with Crippen molar-refractivity contribution in [1.29, 1.82) is 0 Å². The van der Waals surface area contributed by atoms with E-state index in [1.54, 1.807) is 6.07 Å². The lowest BCUT2D eigenvalue weighted by Gasteiger charge is -2.06. The number of hydrogen-bond acceptors (Lipinski definition) is 3. The Morgan fingerprint density at radius 3 is 3.11 bits per heavy atom. The minimum Gasteiger partial charge on any atom is -0.493 e. The number of nitrogens with two attached hydrogens (primary N) is 1. The van der Waals surface area contributed by atoms with Crippen LogP contribution >= 0.6 is 12.2 Å². The van der Waals surface area contributed by atoms with E-state index in [1.165, 1.54) is 0 Å². The lowest BCUT2D eigenvalue weighted by atomic mass is 10.1. The molecule has 0 saturated carbocycles. The van der Waals surface area contributed by atoms with Crippen molar-refractivity contribution in [1.82, 2.24) is 5.32 Å². The molecule has 0 fully saturated rings. The fourth-order valence-corrected chi connectivity index (χ4v) is 2.04. The van der Waals surface area contributed by atoms with Crippen molar-refractivity contribution in [3.8, 4) is 5.75 Å². The summed E-state index contributed by atoms with van der Waals surface area (Å²) in [5.41, 5.74) is 7.16. The predicted molar refractivity (Wildman–Crippen MR) is 74.0 cm³/mol. The number of benzene rings is 1. The second-order valence-electron chi connectivity index (χ2n) is 4.25. The smallest absolute Gasteiger partial charge is 0.251 e. The van der Waals surface area contributed by atoms with Crippen LogP contribution in [0, 0.1) is 0 Å². The van der Waals surface area contributed by atoms with Crippen LogP contribution in [0.3, 0.4) is 0 Å². The average molecular weight is 264 g/mol. The quantitative estimate of drug-likeness (QED) is 0.623. The first-order valence-electron chi connectivity index (χ1n) is 5.99. The minimum atomic E-state index is -0.0624. The van der Waals surface area contributed by atoms with E-state index in [2.05, 4.69) is 5.32 Å². The number of thiocarbonyl (C=S) groups is 1. The Hall–Kier alpha value is -1.62. The fourth-order valence-electron chi connectivity index (χ4n) is 1.89. The summed E-state index contributed by atoms with van der Waals surface area (Å²) >= 11 is 4.77. The van der Waals surface area contributed by atoms with Gasteiger partial charge in [-0.15, -0.1) is 0 Å². The summed E-state index contributed by atoms with van der Waals surface area (Å²) in [7, 11) is 0. The van der Waals surface area contributed by atoms with E-state index in [0.29, 0.717) is 30.1 Å². The lowest BCUT2D eigenvalue weighted by Crippen LogP contribution is -2.25. The Morgan fingerprint density at radius 1 is 1.50 bits per heavy atom. The Balaban J connectivity index is 1.87. The number of amides is 1. The van der Waals surface area contributed by atoms with E-state index < -0.39 is 0 Å². The van der Waals surface area contributed by atoms with Gasteiger partial charge in [0.25, 0.3) is 5.91 Å². The molecular weight excluding hydrogens is 248 g/mol. The largest absolute Gasteiger partial charge is 0.493 e. The zero-order valence-electron chi connectivity index (χ0n) is 10.1. The molecule has 0 aromatic heterocycles. The van der Waals surface area contributed by atoms with Crippen LogP contribution in [0.1, 0.15) is 28.8 Å². The molecule has 0 unspecified atom stereocenters. The molecule has 3 N–H and O–H groups in total. The molecule has 5 heteroatoms. The number of nitrogens with one attached hydrogen (secondary N) is 1. The molecule has 1 amide bonds.